The van der Waals surface area contributed by atoms with Crippen LogP contribution in [0.1, 0.15) is 11.1 Å². The summed E-state index contributed by atoms with van der Waals surface area (Å²) >= 11 is 2.12. The van der Waals surface area contributed by atoms with Gasteiger partial charge in [0.15, 0.2) is 0 Å². The maximum absolute atomic E-state index is 5.68. The van der Waals surface area contributed by atoms with Gasteiger partial charge in [0.2, 0.25) is 0 Å². The van der Waals surface area contributed by atoms with Gasteiger partial charge in [-0.25, -0.2) is 0 Å². The Balaban J connectivity index is 2.59. The van der Waals surface area contributed by atoms with Crippen LogP contribution in [0.3, 0.4) is 0 Å². The molecule has 0 radical (unpaired) electrons. The van der Waals surface area contributed by atoms with E-state index in [0.29, 0.717) is 0 Å². The highest BCUT2D eigenvalue weighted by Crippen LogP contribution is 2.26. The molecule has 0 bridgehead atoms. The highest BCUT2D eigenvalue weighted by atomic mass is 32.1. The second-order valence-electron chi connectivity index (χ2n) is 6.71. The molecule has 1 aromatic heterocycles. The van der Waals surface area contributed by atoms with Crippen LogP contribution in [-0.4, -0.2) is 16.1 Å². The Morgan fingerprint density at radius 2 is 1.19 bits per heavy atom. The van der Waals surface area contributed by atoms with E-state index in [0.717, 1.165) is 13.2 Å². The van der Waals surface area contributed by atoms with E-state index >= 15 is 0 Å². The van der Waals surface area contributed by atoms with Crippen molar-refractivity contribution in [2.24, 2.45) is 0 Å². The highest BCUT2D eigenvalue weighted by molar-refractivity contribution is 7.35. The molecule has 1 aromatic rings. The molecule has 0 N–H and O–H groups in total. The molecule has 0 saturated heterocycles. The number of thiophene rings is 1. The number of rotatable bonds is 2. The van der Waals surface area contributed by atoms with Crippen molar-refractivity contribution < 1.29 is 4.74 Å². The first-order chi connectivity index (χ1) is 7.21. The number of hydrogen-bond acceptors (Lipinski definition) is 2. The summed E-state index contributed by atoms with van der Waals surface area (Å²) in [7, 11) is -2.37. The number of hydrogen-bond donors (Lipinski definition) is 0. The summed E-state index contributed by atoms with van der Waals surface area (Å²) in [6.45, 7) is 16.4. The third-order valence-electron chi connectivity index (χ3n) is 2.97. The Bertz CT molecular complexity index is 373. The maximum atomic E-state index is 5.68. The summed E-state index contributed by atoms with van der Waals surface area (Å²) in [5.74, 6) is 0. The third kappa shape index (κ3) is 2.08. The standard InChI is InChI=1S/C12H22OSSi2/c1-15(2,3)11-9-7-13-8-10(9)12(14-11)16(4,5)6/h7-8H2,1-6H3. The molecule has 0 fully saturated rings. The van der Waals surface area contributed by atoms with Crippen molar-refractivity contribution in [2.75, 3.05) is 0 Å². The predicted molar refractivity (Wildman–Crippen MR) is 78.8 cm³/mol. The monoisotopic (exact) mass is 270 g/mol. The van der Waals surface area contributed by atoms with Gasteiger partial charge in [-0.2, -0.15) is 11.3 Å². The molecule has 0 spiro atoms. The van der Waals surface area contributed by atoms with Gasteiger partial charge in [0.05, 0.1) is 29.4 Å². The molecule has 0 amide bonds. The van der Waals surface area contributed by atoms with Crippen LogP contribution in [0.25, 0.3) is 0 Å². The van der Waals surface area contributed by atoms with Crippen LogP contribution in [0.5, 0.6) is 0 Å². The topological polar surface area (TPSA) is 9.23 Å². The average molecular weight is 271 g/mol. The lowest BCUT2D eigenvalue weighted by atomic mass is 10.2. The van der Waals surface area contributed by atoms with Crippen LogP contribution in [0.2, 0.25) is 39.3 Å². The molecular formula is C12H22OSSi2. The Hall–Kier alpha value is 0.0938. The lowest BCUT2D eigenvalue weighted by Crippen LogP contribution is -2.39. The zero-order valence-corrected chi connectivity index (χ0v) is 14.0. The van der Waals surface area contributed by atoms with Crippen molar-refractivity contribution in [2.45, 2.75) is 52.5 Å². The van der Waals surface area contributed by atoms with E-state index in [-0.39, 0.29) is 0 Å². The van der Waals surface area contributed by atoms with E-state index < -0.39 is 16.1 Å². The molecule has 2 rings (SSSR count). The molecular weight excluding hydrogens is 248 g/mol. The summed E-state index contributed by atoms with van der Waals surface area (Å²) in [6, 6.07) is 0. The first-order valence-electron chi connectivity index (χ1n) is 5.94. The van der Waals surface area contributed by atoms with Gasteiger partial charge in [-0.15, -0.1) is 0 Å². The van der Waals surface area contributed by atoms with Gasteiger partial charge >= 0.3 is 0 Å². The average Bonchev–Trinajstić information content (AvgIpc) is 2.54. The molecule has 1 aliphatic heterocycles. The van der Waals surface area contributed by atoms with Gasteiger partial charge in [0.1, 0.15) is 0 Å². The van der Waals surface area contributed by atoms with Gasteiger partial charge in [0, 0.05) is 0 Å². The summed E-state index contributed by atoms with van der Waals surface area (Å²) in [4.78, 5) is 0. The predicted octanol–water partition coefficient (Wildman–Crippen LogP) is 2.87. The van der Waals surface area contributed by atoms with Gasteiger partial charge in [-0.05, 0) is 20.1 Å². The first kappa shape index (κ1) is 12.5. The second kappa shape index (κ2) is 3.80. The minimum Gasteiger partial charge on any atom is -0.372 e. The normalized spacial score (nSPS) is 16.6. The van der Waals surface area contributed by atoms with Gasteiger partial charge < -0.3 is 4.74 Å². The third-order valence-corrected chi connectivity index (χ3v) is 11.5. The van der Waals surface area contributed by atoms with Crippen LogP contribution >= 0.6 is 11.3 Å². The van der Waals surface area contributed by atoms with Crippen molar-refractivity contribution in [3.63, 3.8) is 0 Å². The van der Waals surface area contributed by atoms with E-state index in [4.69, 9.17) is 4.74 Å². The quantitative estimate of drug-likeness (QED) is 0.751. The van der Waals surface area contributed by atoms with Gasteiger partial charge in [-0.1, -0.05) is 39.3 Å². The van der Waals surface area contributed by atoms with Gasteiger partial charge in [-0.3, -0.25) is 0 Å². The fourth-order valence-corrected chi connectivity index (χ4v) is 8.71. The van der Waals surface area contributed by atoms with Gasteiger partial charge in [0.25, 0.3) is 0 Å². The summed E-state index contributed by atoms with van der Waals surface area (Å²) in [6.07, 6.45) is 0. The van der Waals surface area contributed by atoms with E-state index in [9.17, 15) is 0 Å². The lowest BCUT2D eigenvalue weighted by molar-refractivity contribution is 0.135. The fraction of sp³-hybridized carbons (Fsp3) is 0.667. The molecule has 0 aliphatic carbocycles. The molecule has 0 aromatic carbocycles. The van der Waals surface area contributed by atoms with Crippen molar-refractivity contribution in [3.05, 3.63) is 11.1 Å². The van der Waals surface area contributed by atoms with E-state index in [1.54, 1.807) is 20.1 Å². The fourth-order valence-electron chi connectivity index (χ4n) is 2.27. The SMILES string of the molecule is C[Si](C)(C)c1sc([Si](C)(C)C)c2c1COC2. The van der Waals surface area contributed by atoms with Crippen LogP contribution in [0, 0.1) is 0 Å². The molecule has 2 heterocycles. The lowest BCUT2D eigenvalue weighted by Gasteiger charge is -2.17. The van der Waals surface area contributed by atoms with Crippen molar-refractivity contribution >= 4 is 36.5 Å². The van der Waals surface area contributed by atoms with Crippen molar-refractivity contribution in [3.8, 4) is 0 Å². The highest BCUT2D eigenvalue weighted by Gasteiger charge is 2.34. The van der Waals surface area contributed by atoms with Crippen LogP contribution in [0.4, 0.5) is 0 Å². The Labute approximate surface area is 105 Å². The minimum absolute atomic E-state index is 0.871. The number of fused-ring (bicyclic) bond motifs is 1. The Morgan fingerprint density at radius 3 is 1.50 bits per heavy atom. The maximum Gasteiger partial charge on any atom is 0.0908 e. The van der Waals surface area contributed by atoms with Crippen LogP contribution in [-0.2, 0) is 18.0 Å². The van der Waals surface area contributed by atoms with Crippen LogP contribution in [0.15, 0.2) is 0 Å². The molecule has 1 aliphatic rings. The van der Waals surface area contributed by atoms with E-state index in [2.05, 4.69) is 50.6 Å². The molecule has 16 heavy (non-hydrogen) atoms. The van der Waals surface area contributed by atoms with Crippen molar-refractivity contribution in [1.29, 1.82) is 0 Å². The minimum atomic E-state index is -1.19. The first-order valence-corrected chi connectivity index (χ1v) is 13.8. The number of ether oxygens (including phenoxy) is 1. The zero-order chi connectivity index (χ0) is 12.1. The molecule has 90 valence electrons. The van der Waals surface area contributed by atoms with Crippen molar-refractivity contribution in [1.82, 2.24) is 0 Å². The molecule has 0 unspecified atom stereocenters. The smallest absolute Gasteiger partial charge is 0.0908 e. The van der Waals surface area contributed by atoms with E-state index in [1.807, 2.05) is 0 Å². The summed E-state index contributed by atoms with van der Waals surface area (Å²) in [5, 5.41) is 0. The summed E-state index contributed by atoms with van der Waals surface area (Å²) < 4.78 is 9.06. The Morgan fingerprint density at radius 1 is 0.812 bits per heavy atom. The summed E-state index contributed by atoms with van der Waals surface area (Å²) in [5.41, 5.74) is 3.14. The van der Waals surface area contributed by atoms with Crippen LogP contribution < -0.4 is 9.00 Å². The largest absolute Gasteiger partial charge is 0.372 e. The molecule has 1 nitrogen and oxygen atoms in total. The molecule has 0 atom stereocenters. The zero-order valence-electron chi connectivity index (χ0n) is 11.2. The molecule has 4 heteroatoms. The second-order valence-corrected chi connectivity index (χ2v) is 18.5. The van der Waals surface area contributed by atoms with E-state index in [1.165, 1.54) is 0 Å². The Kier molecular flexibility index (Phi) is 2.98. The molecule has 0 saturated carbocycles.